The fourth-order valence-electron chi connectivity index (χ4n) is 2.04. The first-order valence-corrected chi connectivity index (χ1v) is 5.11. The predicted molar refractivity (Wildman–Crippen MR) is 54.0 cm³/mol. The maximum Gasteiger partial charge on any atom is 0.0254 e. The Labute approximate surface area is 76.0 Å². The Kier molecular flexibility index (Phi) is 3.80. The molecule has 0 radical (unpaired) electrons. The highest BCUT2D eigenvalue weighted by Crippen LogP contribution is 2.26. The molecule has 0 amide bonds. The summed E-state index contributed by atoms with van der Waals surface area (Å²) in [7, 11) is 0. The molecule has 0 aromatic carbocycles. The van der Waals surface area contributed by atoms with Crippen LogP contribution in [0.1, 0.15) is 46.0 Å². The molecule has 70 valence electrons. The van der Waals surface area contributed by atoms with Crippen molar-refractivity contribution < 1.29 is 0 Å². The molecule has 0 aromatic heterocycles. The minimum Gasteiger partial charge on any atom is -0.324 e. The van der Waals surface area contributed by atoms with Crippen molar-refractivity contribution in [3.63, 3.8) is 0 Å². The van der Waals surface area contributed by atoms with Crippen molar-refractivity contribution in [3.8, 4) is 0 Å². The molecule has 1 fully saturated rings. The zero-order chi connectivity index (χ0) is 8.97. The van der Waals surface area contributed by atoms with E-state index in [9.17, 15) is 0 Å². The Morgan fingerprint density at radius 2 is 1.83 bits per heavy atom. The number of hydrogen-bond acceptors (Lipinski definition) is 1. The largest absolute Gasteiger partial charge is 0.324 e. The molecule has 1 atom stereocenters. The predicted octanol–water partition coefficient (Wildman–Crippen LogP) is 2.86. The number of allylic oxidation sites excluding steroid dienone is 1. The summed E-state index contributed by atoms with van der Waals surface area (Å²) in [5.41, 5.74) is 7.43. The van der Waals surface area contributed by atoms with E-state index >= 15 is 0 Å². The first-order chi connectivity index (χ1) is 5.70. The summed E-state index contributed by atoms with van der Waals surface area (Å²) in [6, 6.07) is 0.315. The lowest BCUT2D eigenvalue weighted by Crippen LogP contribution is -2.29. The van der Waals surface area contributed by atoms with Crippen LogP contribution in [-0.4, -0.2) is 6.04 Å². The van der Waals surface area contributed by atoms with Crippen LogP contribution < -0.4 is 5.73 Å². The number of nitrogens with two attached hydrogens (primary N) is 1. The first-order valence-electron chi connectivity index (χ1n) is 5.11. The highest BCUT2D eigenvalue weighted by Gasteiger charge is 2.18. The van der Waals surface area contributed by atoms with E-state index in [0.29, 0.717) is 6.04 Å². The van der Waals surface area contributed by atoms with Gasteiger partial charge in [-0.3, -0.25) is 0 Å². The normalized spacial score (nSPS) is 21.9. The van der Waals surface area contributed by atoms with Gasteiger partial charge in [-0.25, -0.2) is 0 Å². The van der Waals surface area contributed by atoms with Crippen LogP contribution in [0.3, 0.4) is 0 Å². The van der Waals surface area contributed by atoms with Crippen LogP contribution in [0, 0.1) is 5.92 Å². The van der Waals surface area contributed by atoms with Crippen molar-refractivity contribution in [2.45, 2.75) is 52.0 Å². The van der Waals surface area contributed by atoms with Crippen LogP contribution in [0.4, 0.5) is 0 Å². The Balaban J connectivity index is 2.39. The minimum atomic E-state index is 0.315. The van der Waals surface area contributed by atoms with Crippen LogP contribution in [0.15, 0.2) is 11.6 Å². The molecule has 2 N–H and O–H groups in total. The summed E-state index contributed by atoms with van der Waals surface area (Å²) in [4.78, 5) is 0. The Hall–Kier alpha value is -0.300. The van der Waals surface area contributed by atoms with Gasteiger partial charge in [-0.05, 0) is 32.6 Å². The lowest BCUT2D eigenvalue weighted by Gasteiger charge is -2.25. The molecule has 1 aliphatic carbocycles. The highest BCUT2D eigenvalue weighted by molar-refractivity contribution is 5.02. The second-order valence-electron chi connectivity index (χ2n) is 4.22. The summed E-state index contributed by atoms with van der Waals surface area (Å²) in [6.07, 6.45) is 9.08. The minimum absolute atomic E-state index is 0.315. The maximum absolute atomic E-state index is 6.07. The molecule has 12 heavy (non-hydrogen) atoms. The molecule has 1 heteroatoms. The SMILES string of the molecule is CC(C)=CC(N)C1CCCCC1. The summed E-state index contributed by atoms with van der Waals surface area (Å²) < 4.78 is 0. The van der Waals surface area contributed by atoms with Gasteiger partial charge in [0.15, 0.2) is 0 Å². The van der Waals surface area contributed by atoms with E-state index in [1.807, 2.05) is 0 Å². The van der Waals surface area contributed by atoms with E-state index < -0.39 is 0 Å². The molecule has 0 saturated heterocycles. The molecule has 0 spiro atoms. The molecule has 0 bridgehead atoms. The standard InChI is InChI=1S/C11H21N/c1-9(2)8-11(12)10-6-4-3-5-7-10/h8,10-11H,3-7,12H2,1-2H3. The van der Waals surface area contributed by atoms with Crippen molar-refractivity contribution in [3.05, 3.63) is 11.6 Å². The Bertz CT molecular complexity index is 150. The lowest BCUT2D eigenvalue weighted by molar-refractivity contribution is 0.332. The fraction of sp³-hybridized carbons (Fsp3) is 0.818. The van der Waals surface area contributed by atoms with Crippen LogP contribution in [-0.2, 0) is 0 Å². The van der Waals surface area contributed by atoms with Gasteiger partial charge in [-0.2, -0.15) is 0 Å². The van der Waals surface area contributed by atoms with E-state index in [-0.39, 0.29) is 0 Å². The van der Waals surface area contributed by atoms with Gasteiger partial charge in [0, 0.05) is 6.04 Å². The van der Waals surface area contributed by atoms with Gasteiger partial charge in [0.05, 0.1) is 0 Å². The molecular weight excluding hydrogens is 146 g/mol. The monoisotopic (exact) mass is 167 g/mol. The Morgan fingerprint density at radius 3 is 2.33 bits per heavy atom. The molecule has 1 rings (SSSR count). The van der Waals surface area contributed by atoms with Crippen molar-refractivity contribution in [2.24, 2.45) is 11.7 Å². The smallest absolute Gasteiger partial charge is 0.0254 e. The molecule has 1 saturated carbocycles. The Morgan fingerprint density at radius 1 is 1.25 bits per heavy atom. The lowest BCUT2D eigenvalue weighted by atomic mass is 9.84. The summed E-state index contributed by atoms with van der Waals surface area (Å²) in [5.74, 6) is 0.758. The van der Waals surface area contributed by atoms with Crippen LogP contribution in [0.5, 0.6) is 0 Å². The zero-order valence-corrected chi connectivity index (χ0v) is 8.34. The number of rotatable bonds is 2. The van der Waals surface area contributed by atoms with Gasteiger partial charge in [0.2, 0.25) is 0 Å². The fourth-order valence-corrected chi connectivity index (χ4v) is 2.04. The highest BCUT2D eigenvalue weighted by atomic mass is 14.6. The molecule has 0 aliphatic heterocycles. The van der Waals surface area contributed by atoms with Gasteiger partial charge in [0.1, 0.15) is 0 Å². The first kappa shape index (κ1) is 9.79. The third-order valence-corrected chi connectivity index (χ3v) is 2.72. The van der Waals surface area contributed by atoms with Crippen molar-refractivity contribution >= 4 is 0 Å². The molecule has 1 nitrogen and oxygen atoms in total. The van der Waals surface area contributed by atoms with Gasteiger partial charge < -0.3 is 5.73 Å². The number of hydrogen-bond donors (Lipinski definition) is 1. The second-order valence-corrected chi connectivity index (χ2v) is 4.22. The van der Waals surface area contributed by atoms with Crippen LogP contribution >= 0.6 is 0 Å². The van der Waals surface area contributed by atoms with E-state index in [4.69, 9.17) is 5.73 Å². The summed E-state index contributed by atoms with van der Waals surface area (Å²) in [6.45, 7) is 4.26. The summed E-state index contributed by atoms with van der Waals surface area (Å²) >= 11 is 0. The van der Waals surface area contributed by atoms with Crippen LogP contribution in [0.2, 0.25) is 0 Å². The van der Waals surface area contributed by atoms with E-state index in [1.165, 1.54) is 37.7 Å². The third kappa shape index (κ3) is 2.98. The van der Waals surface area contributed by atoms with E-state index in [2.05, 4.69) is 19.9 Å². The average molecular weight is 167 g/mol. The van der Waals surface area contributed by atoms with Gasteiger partial charge in [-0.1, -0.05) is 30.9 Å². The van der Waals surface area contributed by atoms with Crippen molar-refractivity contribution in [2.75, 3.05) is 0 Å². The summed E-state index contributed by atoms with van der Waals surface area (Å²) in [5, 5.41) is 0. The van der Waals surface area contributed by atoms with E-state index in [1.54, 1.807) is 0 Å². The van der Waals surface area contributed by atoms with Crippen LogP contribution in [0.25, 0.3) is 0 Å². The van der Waals surface area contributed by atoms with Crippen molar-refractivity contribution in [1.82, 2.24) is 0 Å². The zero-order valence-electron chi connectivity index (χ0n) is 8.34. The molecule has 0 heterocycles. The second kappa shape index (κ2) is 4.66. The quantitative estimate of drug-likeness (QED) is 0.629. The maximum atomic E-state index is 6.07. The average Bonchev–Trinajstić information content (AvgIpc) is 2.05. The molecule has 0 aromatic rings. The molecular formula is C11H21N. The topological polar surface area (TPSA) is 26.0 Å². The van der Waals surface area contributed by atoms with Gasteiger partial charge in [0.25, 0.3) is 0 Å². The van der Waals surface area contributed by atoms with Crippen molar-refractivity contribution in [1.29, 1.82) is 0 Å². The van der Waals surface area contributed by atoms with E-state index in [0.717, 1.165) is 5.92 Å². The third-order valence-electron chi connectivity index (χ3n) is 2.72. The molecule has 1 aliphatic rings. The van der Waals surface area contributed by atoms with Gasteiger partial charge >= 0.3 is 0 Å². The van der Waals surface area contributed by atoms with Gasteiger partial charge in [-0.15, -0.1) is 0 Å². The molecule has 1 unspecified atom stereocenters.